The summed E-state index contributed by atoms with van der Waals surface area (Å²) in [5.41, 5.74) is 5.87. The highest BCUT2D eigenvalue weighted by molar-refractivity contribution is 6.00. The minimum atomic E-state index is -0.626. The summed E-state index contributed by atoms with van der Waals surface area (Å²) in [6, 6.07) is 8.88. The van der Waals surface area contributed by atoms with E-state index in [1.807, 2.05) is 4.90 Å². The smallest absolute Gasteiger partial charge is 0.320 e. The molecule has 4 rings (SSSR count). The number of para-hydroxylation sites is 1. The van der Waals surface area contributed by atoms with Crippen molar-refractivity contribution in [1.29, 1.82) is 0 Å². The fraction of sp³-hybridized carbons (Fsp3) is 0.211. The molecule has 11 nitrogen and oxygen atoms in total. The molecule has 160 valence electrons. The molecular weight excluding hydrogens is 407 g/mol. The van der Waals surface area contributed by atoms with Crippen molar-refractivity contribution in [2.45, 2.75) is 0 Å². The summed E-state index contributed by atoms with van der Waals surface area (Å²) in [6.45, 7) is 2.27. The molecular formula is C19H19FN8O3. The summed E-state index contributed by atoms with van der Waals surface area (Å²) in [6.07, 6.45) is 1.50. The van der Waals surface area contributed by atoms with E-state index in [0.717, 1.165) is 5.82 Å². The number of nitrogens with zero attached hydrogens (tertiary/aromatic N) is 5. The molecule has 3 aromatic rings. The third kappa shape index (κ3) is 4.69. The van der Waals surface area contributed by atoms with Crippen molar-refractivity contribution in [2.75, 3.05) is 41.7 Å². The molecule has 1 saturated heterocycles. The maximum atomic E-state index is 13.7. The number of amides is 3. The van der Waals surface area contributed by atoms with E-state index < -0.39 is 17.8 Å². The average molecular weight is 426 g/mol. The van der Waals surface area contributed by atoms with Crippen molar-refractivity contribution >= 4 is 35.1 Å². The minimum Gasteiger partial charge on any atom is -0.399 e. The number of benzene rings is 1. The lowest BCUT2D eigenvalue weighted by Gasteiger charge is -2.34. The van der Waals surface area contributed by atoms with Crippen LogP contribution in [0.4, 0.5) is 32.4 Å². The van der Waals surface area contributed by atoms with Gasteiger partial charge in [-0.15, -0.1) is 5.10 Å². The Morgan fingerprint density at radius 2 is 1.84 bits per heavy atom. The van der Waals surface area contributed by atoms with E-state index in [2.05, 4.69) is 25.8 Å². The van der Waals surface area contributed by atoms with Gasteiger partial charge in [0.25, 0.3) is 0 Å². The molecule has 0 aliphatic carbocycles. The summed E-state index contributed by atoms with van der Waals surface area (Å²) in [5.74, 6) is -0.686. The molecule has 1 aromatic carbocycles. The summed E-state index contributed by atoms with van der Waals surface area (Å²) in [7, 11) is 0. The molecule has 4 N–H and O–H groups in total. The van der Waals surface area contributed by atoms with Crippen molar-refractivity contribution in [3.8, 4) is 0 Å². The predicted molar refractivity (Wildman–Crippen MR) is 110 cm³/mol. The van der Waals surface area contributed by atoms with Gasteiger partial charge in [-0.2, -0.15) is 0 Å². The van der Waals surface area contributed by atoms with Gasteiger partial charge in [-0.3, -0.25) is 4.79 Å². The van der Waals surface area contributed by atoms with E-state index >= 15 is 0 Å². The molecule has 0 bridgehead atoms. The number of carbonyl (C=O) groups excluding carboxylic acids is 2. The third-order valence-electron chi connectivity index (χ3n) is 4.66. The van der Waals surface area contributed by atoms with Gasteiger partial charge in [0.05, 0.1) is 17.6 Å². The van der Waals surface area contributed by atoms with Crippen LogP contribution < -0.4 is 21.3 Å². The Labute approximate surface area is 176 Å². The number of urea groups is 1. The van der Waals surface area contributed by atoms with Gasteiger partial charge >= 0.3 is 23.8 Å². The Kier molecular flexibility index (Phi) is 5.60. The predicted octanol–water partition coefficient (Wildman–Crippen LogP) is 1.80. The average Bonchev–Trinajstić information content (AvgIpc) is 3.25. The molecule has 0 spiro atoms. The van der Waals surface area contributed by atoms with Gasteiger partial charge in [-0.1, -0.05) is 17.2 Å². The Morgan fingerprint density at radius 3 is 2.52 bits per heavy atom. The van der Waals surface area contributed by atoms with Gasteiger partial charge in [0.1, 0.15) is 11.6 Å². The number of hydrogen-bond acceptors (Lipinski definition) is 8. The Bertz CT molecular complexity index is 1080. The molecule has 0 atom stereocenters. The lowest BCUT2D eigenvalue weighted by Crippen LogP contribution is -2.50. The molecule has 3 amide bonds. The molecule has 1 aliphatic rings. The van der Waals surface area contributed by atoms with Gasteiger partial charge < -0.3 is 30.6 Å². The fourth-order valence-corrected chi connectivity index (χ4v) is 3.03. The molecule has 3 heterocycles. The number of nitrogens with two attached hydrogens (primary N) is 1. The van der Waals surface area contributed by atoms with Crippen molar-refractivity contribution in [3.05, 3.63) is 54.3 Å². The first-order valence-electron chi connectivity index (χ1n) is 9.41. The van der Waals surface area contributed by atoms with Crippen LogP contribution >= 0.6 is 0 Å². The molecule has 0 radical (unpaired) electrons. The zero-order valence-corrected chi connectivity index (χ0v) is 16.3. The molecule has 1 aliphatic heterocycles. The van der Waals surface area contributed by atoms with E-state index in [4.69, 9.17) is 10.2 Å². The van der Waals surface area contributed by atoms with Crippen LogP contribution in [0.15, 0.2) is 47.0 Å². The van der Waals surface area contributed by atoms with Crippen LogP contribution in [-0.4, -0.2) is 58.2 Å². The standard InChI is InChI=1S/C19H19FN8O3/c20-13-3-1-2-4-14(13)24-19-26-25-17(31-19)16(29)23-12-5-6-15(22-11-12)27-7-9-28(10-8-27)18(21)30/h1-6,11H,7-10H2,(H2,21,30)(H,23,29)(H,24,26). The van der Waals surface area contributed by atoms with E-state index in [0.29, 0.717) is 31.9 Å². The summed E-state index contributed by atoms with van der Waals surface area (Å²) < 4.78 is 18.9. The van der Waals surface area contributed by atoms with E-state index in [1.165, 1.54) is 18.3 Å². The zero-order chi connectivity index (χ0) is 21.8. The second-order valence-electron chi connectivity index (χ2n) is 6.69. The number of aromatic nitrogens is 3. The molecule has 0 unspecified atom stereocenters. The highest BCUT2D eigenvalue weighted by Crippen LogP contribution is 2.20. The molecule has 1 fully saturated rings. The van der Waals surface area contributed by atoms with Crippen molar-refractivity contribution in [1.82, 2.24) is 20.1 Å². The number of anilines is 4. The highest BCUT2D eigenvalue weighted by atomic mass is 19.1. The number of hydrogen-bond donors (Lipinski definition) is 3. The van der Waals surface area contributed by atoms with Gasteiger partial charge in [0.15, 0.2) is 0 Å². The van der Waals surface area contributed by atoms with Crippen molar-refractivity contribution < 1.29 is 18.4 Å². The van der Waals surface area contributed by atoms with Crippen molar-refractivity contribution in [2.24, 2.45) is 5.73 Å². The SMILES string of the molecule is NC(=O)N1CCN(c2ccc(NC(=O)c3nnc(Nc4ccccc4F)o3)cn2)CC1. The maximum Gasteiger partial charge on any atom is 0.320 e. The number of rotatable bonds is 5. The minimum absolute atomic E-state index is 0.112. The monoisotopic (exact) mass is 426 g/mol. The largest absolute Gasteiger partial charge is 0.399 e. The zero-order valence-electron chi connectivity index (χ0n) is 16.3. The van der Waals surface area contributed by atoms with Gasteiger partial charge in [-0.05, 0) is 24.3 Å². The molecule has 31 heavy (non-hydrogen) atoms. The Balaban J connectivity index is 1.34. The lowest BCUT2D eigenvalue weighted by atomic mass is 10.3. The van der Waals surface area contributed by atoms with Crippen LogP contribution in [0.25, 0.3) is 0 Å². The van der Waals surface area contributed by atoms with E-state index in [9.17, 15) is 14.0 Å². The summed E-state index contributed by atoms with van der Waals surface area (Å²) in [5, 5.41) is 12.6. The van der Waals surface area contributed by atoms with Gasteiger partial charge in [0.2, 0.25) is 0 Å². The van der Waals surface area contributed by atoms with Crippen LogP contribution in [0.3, 0.4) is 0 Å². The number of pyridine rings is 1. The van der Waals surface area contributed by atoms with Crippen LogP contribution in [0, 0.1) is 5.82 Å². The summed E-state index contributed by atoms with van der Waals surface area (Å²) >= 11 is 0. The van der Waals surface area contributed by atoms with E-state index in [-0.39, 0.29) is 17.6 Å². The number of piperazine rings is 1. The number of nitrogens with one attached hydrogen (secondary N) is 2. The highest BCUT2D eigenvalue weighted by Gasteiger charge is 2.20. The molecule has 12 heteroatoms. The fourth-order valence-electron chi connectivity index (χ4n) is 3.03. The van der Waals surface area contributed by atoms with Crippen LogP contribution in [0.1, 0.15) is 10.7 Å². The third-order valence-corrected chi connectivity index (χ3v) is 4.66. The first-order valence-corrected chi connectivity index (χ1v) is 9.41. The van der Waals surface area contributed by atoms with Gasteiger partial charge in [0, 0.05) is 26.2 Å². The van der Waals surface area contributed by atoms with Crippen LogP contribution in [0.2, 0.25) is 0 Å². The number of halogens is 1. The topological polar surface area (TPSA) is 143 Å². The maximum absolute atomic E-state index is 13.7. The van der Waals surface area contributed by atoms with Crippen LogP contribution in [-0.2, 0) is 0 Å². The van der Waals surface area contributed by atoms with Crippen LogP contribution in [0.5, 0.6) is 0 Å². The van der Waals surface area contributed by atoms with E-state index in [1.54, 1.807) is 29.2 Å². The summed E-state index contributed by atoms with van der Waals surface area (Å²) in [4.78, 5) is 31.5. The molecule has 2 aromatic heterocycles. The quantitative estimate of drug-likeness (QED) is 0.561. The second kappa shape index (κ2) is 8.65. The Hall–Kier alpha value is -4.22. The van der Waals surface area contributed by atoms with Gasteiger partial charge in [-0.25, -0.2) is 14.2 Å². The number of primary amides is 1. The molecule has 0 saturated carbocycles. The first-order chi connectivity index (χ1) is 15.0. The number of carbonyl (C=O) groups is 2. The first kappa shape index (κ1) is 20.1. The second-order valence-corrected chi connectivity index (χ2v) is 6.69. The van der Waals surface area contributed by atoms with Crippen molar-refractivity contribution in [3.63, 3.8) is 0 Å². The normalized spacial score (nSPS) is 13.7. The Morgan fingerprint density at radius 1 is 1.06 bits per heavy atom. The lowest BCUT2D eigenvalue weighted by molar-refractivity contribution is 0.0991.